The predicted molar refractivity (Wildman–Crippen MR) is 95.7 cm³/mol. The van der Waals surface area contributed by atoms with Crippen molar-refractivity contribution < 1.29 is 14.3 Å². The number of hydrogen-bond acceptors (Lipinski definition) is 6. The Bertz CT molecular complexity index is 1040. The molecule has 0 bridgehead atoms. The number of methoxy groups -OCH3 is 1. The number of esters is 1. The lowest BCUT2D eigenvalue weighted by molar-refractivity contribution is 0.0605. The number of carbonyl (C=O) groups is 2. The van der Waals surface area contributed by atoms with E-state index in [1.165, 1.54) is 18.0 Å². The molecule has 1 aromatic carbocycles. The number of ketones is 1. The molecule has 0 aliphatic rings. The molecule has 0 aliphatic carbocycles. The first-order chi connectivity index (χ1) is 11.9. The summed E-state index contributed by atoms with van der Waals surface area (Å²) in [6.07, 6.45) is 1.31. The van der Waals surface area contributed by atoms with Gasteiger partial charge in [-0.3, -0.25) is 14.2 Å². The van der Waals surface area contributed by atoms with Crippen molar-refractivity contribution in [1.82, 2.24) is 9.55 Å². The molecule has 0 spiro atoms. The highest BCUT2D eigenvalue weighted by Gasteiger charge is 2.20. The van der Waals surface area contributed by atoms with Crippen LogP contribution in [0.25, 0.3) is 10.2 Å². The van der Waals surface area contributed by atoms with E-state index < -0.39 is 5.97 Å². The summed E-state index contributed by atoms with van der Waals surface area (Å²) in [4.78, 5) is 41.8. The molecule has 0 unspecified atom stereocenters. The van der Waals surface area contributed by atoms with Gasteiger partial charge in [0.05, 0.1) is 25.4 Å². The number of fused-ring (bicyclic) bond motifs is 1. The maximum absolute atomic E-state index is 12.7. The molecule has 0 fully saturated rings. The van der Waals surface area contributed by atoms with Crippen LogP contribution in [0.5, 0.6) is 0 Å². The van der Waals surface area contributed by atoms with E-state index in [-0.39, 0.29) is 17.9 Å². The van der Waals surface area contributed by atoms with E-state index in [1.54, 1.807) is 31.2 Å². The largest absolute Gasteiger partial charge is 0.465 e. The second kappa shape index (κ2) is 6.78. The lowest BCUT2D eigenvalue weighted by Crippen LogP contribution is -2.24. The van der Waals surface area contributed by atoms with Crippen LogP contribution < -0.4 is 5.56 Å². The van der Waals surface area contributed by atoms with Gasteiger partial charge >= 0.3 is 5.97 Å². The first kappa shape index (κ1) is 17.3. The molecule has 0 radical (unpaired) electrons. The number of nitrogens with zero attached hydrogens (tertiary/aromatic N) is 2. The fraction of sp³-hybridized carbons (Fsp3) is 0.176. The molecule has 3 rings (SSSR count). The molecule has 25 heavy (non-hydrogen) atoms. The van der Waals surface area contributed by atoms with Crippen molar-refractivity contribution in [3.8, 4) is 0 Å². The van der Waals surface area contributed by atoms with Gasteiger partial charge in [-0.15, -0.1) is 11.3 Å². The summed E-state index contributed by atoms with van der Waals surface area (Å²) < 4.78 is 5.95. The van der Waals surface area contributed by atoms with Crippen LogP contribution in [0.2, 0.25) is 5.02 Å². The van der Waals surface area contributed by atoms with Crippen molar-refractivity contribution in [2.75, 3.05) is 7.11 Å². The first-order valence-electron chi connectivity index (χ1n) is 7.28. The predicted octanol–water partition coefficient (Wildman–Crippen LogP) is 3.09. The zero-order valence-electron chi connectivity index (χ0n) is 13.4. The Morgan fingerprint density at radius 3 is 2.60 bits per heavy atom. The summed E-state index contributed by atoms with van der Waals surface area (Å²) in [6, 6.07) is 6.44. The van der Waals surface area contributed by atoms with E-state index in [1.807, 2.05) is 0 Å². The van der Waals surface area contributed by atoms with E-state index in [0.29, 0.717) is 31.2 Å². The molecule has 0 N–H and O–H groups in total. The van der Waals surface area contributed by atoms with Gasteiger partial charge in [0.1, 0.15) is 9.71 Å². The SMILES string of the molecule is COC(=O)c1sc2ncn(CC(=O)c3ccc(Cl)cc3)c(=O)c2c1C. The average molecular weight is 377 g/mol. The van der Waals surface area contributed by atoms with E-state index in [4.69, 9.17) is 16.3 Å². The summed E-state index contributed by atoms with van der Waals surface area (Å²) in [5, 5.41) is 0.859. The molecule has 0 atom stereocenters. The van der Waals surface area contributed by atoms with Crippen LogP contribution in [-0.4, -0.2) is 28.4 Å². The Hall–Kier alpha value is -2.51. The van der Waals surface area contributed by atoms with Crippen molar-refractivity contribution in [3.63, 3.8) is 0 Å². The Labute approximate surface area is 151 Å². The third-order valence-electron chi connectivity index (χ3n) is 3.77. The summed E-state index contributed by atoms with van der Waals surface area (Å²) in [5.74, 6) is -0.746. The Morgan fingerprint density at radius 1 is 1.28 bits per heavy atom. The Kier molecular flexibility index (Phi) is 4.69. The minimum absolute atomic E-state index is 0.147. The van der Waals surface area contributed by atoms with E-state index in [9.17, 15) is 14.4 Å². The second-order valence-corrected chi connectivity index (χ2v) is 6.77. The smallest absolute Gasteiger partial charge is 0.348 e. The van der Waals surface area contributed by atoms with E-state index in [2.05, 4.69) is 4.98 Å². The molecule has 8 heteroatoms. The molecule has 3 aromatic rings. The van der Waals surface area contributed by atoms with Gasteiger partial charge in [-0.25, -0.2) is 9.78 Å². The lowest BCUT2D eigenvalue weighted by Gasteiger charge is -2.05. The maximum atomic E-state index is 12.7. The fourth-order valence-corrected chi connectivity index (χ4v) is 3.62. The molecule has 128 valence electrons. The summed E-state index contributed by atoms with van der Waals surface area (Å²) in [7, 11) is 1.28. The third kappa shape index (κ3) is 3.20. The molecule has 6 nitrogen and oxygen atoms in total. The monoisotopic (exact) mass is 376 g/mol. The average Bonchev–Trinajstić information content (AvgIpc) is 2.94. The number of Topliss-reactive ketones (excluding diaryl/α,β-unsaturated/α-hetero) is 1. The molecule has 0 saturated heterocycles. The highest BCUT2D eigenvalue weighted by atomic mass is 35.5. The van der Waals surface area contributed by atoms with Crippen molar-refractivity contribution >= 4 is 44.9 Å². The minimum atomic E-state index is -0.510. The highest BCUT2D eigenvalue weighted by molar-refractivity contribution is 7.20. The van der Waals surface area contributed by atoms with Crippen LogP contribution >= 0.6 is 22.9 Å². The van der Waals surface area contributed by atoms with Crippen LogP contribution in [0.4, 0.5) is 0 Å². The maximum Gasteiger partial charge on any atom is 0.348 e. The number of thiophene rings is 1. The van der Waals surface area contributed by atoms with Gasteiger partial charge in [0.15, 0.2) is 5.78 Å². The number of benzene rings is 1. The van der Waals surface area contributed by atoms with E-state index in [0.717, 1.165) is 11.3 Å². The van der Waals surface area contributed by atoms with Gasteiger partial charge in [0, 0.05) is 10.6 Å². The lowest BCUT2D eigenvalue weighted by atomic mass is 10.1. The quantitative estimate of drug-likeness (QED) is 0.516. The van der Waals surface area contributed by atoms with Crippen molar-refractivity contribution in [2.45, 2.75) is 13.5 Å². The van der Waals surface area contributed by atoms with Gasteiger partial charge < -0.3 is 4.74 Å². The Morgan fingerprint density at radius 2 is 1.96 bits per heavy atom. The standard InChI is InChI=1S/C17H13ClN2O4S/c1-9-13-15(25-14(9)17(23)24-2)19-8-20(16(13)22)7-12(21)10-3-5-11(18)6-4-10/h3-6,8H,7H2,1-2H3. The molecule has 0 saturated carbocycles. The van der Waals surface area contributed by atoms with Crippen LogP contribution in [0.3, 0.4) is 0 Å². The van der Waals surface area contributed by atoms with Crippen molar-refractivity contribution in [2.24, 2.45) is 0 Å². The second-order valence-electron chi connectivity index (χ2n) is 5.34. The first-order valence-corrected chi connectivity index (χ1v) is 8.47. The van der Waals surface area contributed by atoms with Gasteiger partial charge in [-0.2, -0.15) is 0 Å². The van der Waals surface area contributed by atoms with Crippen LogP contribution in [0.15, 0.2) is 35.4 Å². The molecule has 2 heterocycles. The third-order valence-corrected chi connectivity index (χ3v) is 5.20. The topological polar surface area (TPSA) is 78.3 Å². The number of ether oxygens (including phenoxy) is 1. The Balaban J connectivity index is 2.00. The summed E-state index contributed by atoms with van der Waals surface area (Å²) in [5.41, 5.74) is 0.600. The number of rotatable bonds is 4. The summed E-state index contributed by atoms with van der Waals surface area (Å²) in [6.45, 7) is 1.52. The normalized spacial score (nSPS) is 10.8. The molecule has 2 aromatic heterocycles. The van der Waals surface area contributed by atoms with Gasteiger partial charge in [-0.1, -0.05) is 11.6 Å². The summed E-state index contributed by atoms with van der Waals surface area (Å²) >= 11 is 6.91. The highest BCUT2D eigenvalue weighted by Crippen LogP contribution is 2.27. The molecule has 0 aliphatic heterocycles. The van der Waals surface area contributed by atoms with Crippen molar-refractivity contribution in [1.29, 1.82) is 0 Å². The number of halogens is 1. The number of aryl methyl sites for hydroxylation is 1. The molecular weight excluding hydrogens is 364 g/mol. The minimum Gasteiger partial charge on any atom is -0.465 e. The number of aromatic nitrogens is 2. The van der Waals surface area contributed by atoms with Gasteiger partial charge in [0.2, 0.25) is 0 Å². The van der Waals surface area contributed by atoms with Crippen LogP contribution in [0.1, 0.15) is 25.6 Å². The van der Waals surface area contributed by atoms with Crippen LogP contribution in [-0.2, 0) is 11.3 Å². The zero-order valence-corrected chi connectivity index (χ0v) is 15.0. The number of hydrogen-bond donors (Lipinski definition) is 0. The van der Waals surface area contributed by atoms with Crippen molar-refractivity contribution in [3.05, 3.63) is 62.0 Å². The van der Waals surface area contributed by atoms with Gasteiger partial charge in [-0.05, 0) is 36.8 Å². The zero-order chi connectivity index (χ0) is 18.1. The van der Waals surface area contributed by atoms with E-state index >= 15 is 0 Å². The molecular formula is C17H13ClN2O4S. The van der Waals surface area contributed by atoms with Gasteiger partial charge in [0.25, 0.3) is 5.56 Å². The van der Waals surface area contributed by atoms with Crippen LogP contribution in [0, 0.1) is 6.92 Å². The number of carbonyl (C=O) groups excluding carboxylic acids is 2. The molecule has 0 amide bonds. The fourth-order valence-electron chi connectivity index (χ4n) is 2.44.